The molecule has 9 aromatic carbocycles. The van der Waals surface area contributed by atoms with Gasteiger partial charge in [0.2, 0.25) is 0 Å². The Morgan fingerprint density at radius 1 is 0.164 bits per heavy atom. The highest BCUT2D eigenvalue weighted by molar-refractivity contribution is 5.88. The van der Waals surface area contributed by atoms with E-state index in [0.717, 1.165) is 17.1 Å². The third-order valence-corrected chi connectivity index (χ3v) is 10.3. The average molecular weight is 702 g/mol. The summed E-state index contributed by atoms with van der Waals surface area (Å²) < 4.78 is 0. The van der Waals surface area contributed by atoms with Crippen LogP contribution in [0.15, 0.2) is 237 Å². The number of rotatable bonds is 9. The largest absolute Gasteiger partial charge is 0.311 e. The van der Waals surface area contributed by atoms with Gasteiger partial charge in [0.15, 0.2) is 0 Å². The zero-order valence-electron chi connectivity index (χ0n) is 30.5. The van der Waals surface area contributed by atoms with Crippen LogP contribution in [-0.2, 0) is 0 Å². The van der Waals surface area contributed by atoms with Crippen molar-refractivity contribution in [1.29, 1.82) is 0 Å². The Bertz CT molecular complexity index is 2630. The van der Waals surface area contributed by atoms with Crippen LogP contribution in [0.3, 0.4) is 0 Å². The highest BCUT2D eigenvalue weighted by Gasteiger charge is 2.16. The monoisotopic (exact) mass is 701 g/mol. The van der Waals surface area contributed by atoms with Gasteiger partial charge in [-0.05, 0) is 103 Å². The standard InChI is InChI=1S/C54H39N/c1-4-14-40(15-5-1)42-24-26-45(27-25-42)52-21-12-13-23-54(52)47-32-38-50(39-33-47)55(48-34-28-43(29-35-48)41-16-6-2-7-17-41)49-36-30-46(31-37-49)53-22-11-10-20-51(53)44-18-8-3-9-19-44/h1-39H. The van der Waals surface area contributed by atoms with Gasteiger partial charge < -0.3 is 4.90 Å². The first-order valence-corrected chi connectivity index (χ1v) is 18.8. The van der Waals surface area contributed by atoms with Crippen molar-refractivity contribution in [3.8, 4) is 66.8 Å². The van der Waals surface area contributed by atoms with Crippen LogP contribution in [-0.4, -0.2) is 0 Å². The number of hydrogen-bond donors (Lipinski definition) is 0. The minimum Gasteiger partial charge on any atom is -0.311 e. The van der Waals surface area contributed by atoms with Gasteiger partial charge in [0.1, 0.15) is 0 Å². The van der Waals surface area contributed by atoms with Crippen molar-refractivity contribution >= 4 is 17.1 Å². The fourth-order valence-corrected chi connectivity index (χ4v) is 7.52. The summed E-state index contributed by atoms with van der Waals surface area (Å²) in [4.78, 5) is 2.35. The predicted molar refractivity (Wildman–Crippen MR) is 234 cm³/mol. The molecule has 0 fully saturated rings. The Balaban J connectivity index is 1.07. The van der Waals surface area contributed by atoms with Gasteiger partial charge in [-0.25, -0.2) is 0 Å². The Morgan fingerprint density at radius 2 is 0.364 bits per heavy atom. The molecule has 0 atom stereocenters. The second-order valence-corrected chi connectivity index (χ2v) is 13.7. The average Bonchev–Trinajstić information content (AvgIpc) is 3.28. The van der Waals surface area contributed by atoms with Crippen LogP contribution in [0.5, 0.6) is 0 Å². The summed E-state index contributed by atoms with van der Waals surface area (Å²) in [6.45, 7) is 0. The van der Waals surface area contributed by atoms with Crippen LogP contribution < -0.4 is 4.90 Å². The summed E-state index contributed by atoms with van der Waals surface area (Å²) in [5, 5.41) is 0. The zero-order chi connectivity index (χ0) is 36.8. The second-order valence-electron chi connectivity index (χ2n) is 13.7. The van der Waals surface area contributed by atoms with Gasteiger partial charge in [0.05, 0.1) is 0 Å². The van der Waals surface area contributed by atoms with E-state index in [0.29, 0.717) is 0 Å². The summed E-state index contributed by atoms with van der Waals surface area (Å²) in [5.41, 5.74) is 17.8. The van der Waals surface area contributed by atoms with E-state index < -0.39 is 0 Å². The molecule has 0 aliphatic rings. The van der Waals surface area contributed by atoms with Gasteiger partial charge in [0.25, 0.3) is 0 Å². The molecule has 9 aromatic rings. The highest BCUT2D eigenvalue weighted by atomic mass is 15.1. The quantitative estimate of drug-likeness (QED) is 0.145. The maximum Gasteiger partial charge on any atom is 0.0462 e. The molecule has 0 spiro atoms. The predicted octanol–water partition coefficient (Wildman–Crippen LogP) is 15.2. The van der Waals surface area contributed by atoms with Crippen molar-refractivity contribution in [2.75, 3.05) is 4.90 Å². The summed E-state index contributed by atoms with van der Waals surface area (Å²) in [6.07, 6.45) is 0. The number of nitrogens with zero attached hydrogens (tertiary/aromatic N) is 1. The molecule has 9 rings (SSSR count). The van der Waals surface area contributed by atoms with Gasteiger partial charge in [-0.15, -0.1) is 0 Å². The maximum absolute atomic E-state index is 2.35. The Kier molecular flexibility index (Phi) is 9.41. The minimum absolute atomic E-state index is 1.10. The molecule has 0 bridgehead atoms. The normalized spacial score (nSPS) is 10.9. The molecule has 0 unspecified atom stereocenters. The second kappa shape index (κ2) is 15.4. The summed E-state index contributed by atoms with van der Waals surface area (Å²) in [6, 6.07) is 84.9. The molecule has 0 heterocycles. The van der Waals surface area contributed by atoms with Crippen LogP contribution in [0.4, 0.5) is 17.1 Å². The first kappa shape index (κ1) is 33.6. The van der Waals surface area contributed by atoms with E-state index in [1.54, 1.807) is 0 Å². The van der Waals surface area contributed by atoms with Crippen LogP contribution in [0, 0.1) is 0 Å². The van der Waals surface area contributed by atoms with Crippen LogP contribution in [0.2, 0.25) is 0 Å². The van der Waals surface area contributed by atoms with Crippen molar-refractivity contribution in [2.24, 2.45) is 0 Å². The molecule has 1 heteroatoms. The van der Waals surface area contributed by atoms with Crippen LogP contribution in [0.25, 0.3) is 66.8 Å². The van der Waals surface area contributed by atoms with Crippen LogP contribution >= 0.6 is 0 Å². The van der Waals surface area contributed by atoms with E-state index in [4.69, 9.17) is 0 Å². The summed E-state index contributed by atoms with van der Waals surface area (Å²) >= 11 is 0. The molecule has 55 heavy (non-hydrogen) atoms. The summed E-state index contributed by atoms with van der Waals surface area (Å²) in [5.74, 6) is 0. The highest BCUT2D eigenvalue weighted by Crippen LogP contribution is 2.40. The molecule has 0 aromatic heterocycles. The van der Waals surface area contributed by atoms with E-state index in [-0.39, 0.29) is 0 Å². The zero-order valence-corrected chi connectivity index (χ0v) is 30.5. The molecular formula is C54H39N. The molecule has 0 radical (unpaired) electrons. The molecule has 0 amide bonds. The van der Waals surface area contributed by atoms with Crippen LogP contribution in [0.1, 0.15) is 0 Å². The number of benzene rings is 9. The third kappa shape index (κ3) is 7.12. The van der Waals surface area contributed by atoms with Crippen molar-refractivity contribution in [3.05, 3.63) is 237 Å². The van der Waals surface area contributed by atoms with E-state index in [2.05, 4.69) is 241 Å². The van der Waals surface area contributed by atoms with Crippen molar-refractivity contribution < 1.29 is 0 Å². The van der Waals surface area contributed by atoms with Gasteiger partial charge in [0, 0.05) is 17.1 Å². The first-order chi connectivity index (χ1) is 27.3. The molecule has 1 nitrogen and oxygen atoms in total. The minimum atomic E-state index is 1.10. The summed E-state index contributed by atoms with van der Waals surface area (Å²) in [7, 11) is 0. The smallest absolute Gasteiger partial charge is 0.0462 e. The molecule has 0 saturated heterocycles. The number of hydrogen-bond acceptors (Lipinski definition) is 1. The molecule has 260 valence electrons. The van der Waals surface area contributed by atoms with Crippen molar-refractivity contribution in [1.82, 2.24) is 0 Å². The van der Waals surface area contributed by atoms with Crippen molar-refractivity contribution in [2.45, 2.75) is 0 Å². The molecule has 0 saturated carbocycles. The first-order valence-electron chi connectivity index (χ1n) is 18.8. The van der Waals surface area contributed by atoms with Gasteiger partial charge >= 0.3 is 0 Å². The molecule has 0 N–H and O–H groups in total. The SMILES string of the molecule is c1ccc(-c2ccc(-c3ccccc3-c3ccc(N(c4ccc(-c5ccccc5)cc4)c4ccc(-c5ccccc5-c5ccccc5)cc4)cc3)cc2)cc1. The Hall–Kier alpha value is -7.22. The molecule has 0 aliphatic heterocycles. The maximum atomic E-state index is 2.35. The lowest BCUT2D eigenvalue weighted by molar-refractivity contribution is 1.28. The molecular weight excluding hydrogens is 663 g/mol. The number of anilines is 3. The van der Waals surface area contributed by atoms with E-state index in [1.165, 1.54) is 66.8 Å². The van der Waals surface area contributed by atoms with E-state index in [1.807, 2.05) is 0 Å². The topological polar surface area (TPSA) is 3.24 Å². The Labute approximate surface area is 324 Å². The van der Waals surface area contributed by atoms with Gasteiger partial charge in [-0.2, -0.15) is 0 Å². The fourth-order valence-electron chi connectivity index (χ4n) is 7.52. The fraction of sp³-hybridized carbons (Fsp3) is 0. The van der Waals surface area contributed by atoms with E-state index in [9.17, 15) is 0 Å². The lowest BCUT2D eigenvalue weighted by Gasteiger charge is -2.26. The third-order valence-electron chi connectivity index (χ3n) is 10.3. The van der Waals surface area contributed by atoms with Gasteiger partial charge in [-0.3, -0.25) is 0 Å². The lowest BCUT2D eigenvalue weighted by Crippen LogP contribution is -2.09. The molecule has 0 aliphatic carbocycles. The Morgan fingerprint density at radius 3 is 0.691 bits per heavy atom. The lowest BCUT2D eigenvalue weighted by atomic mass is 9.93. The van der Waals surface area contributed by atoms with Gasteiger partial charge in [-0.1, -0.05) is 200 Å². The van der Waals surface area contributed by atoms with Crippen molar-refractivity contribution in [3.63, 3.8) is 0 Å². The van der Waals surface area contributed by atoms with E-state index >= 15 is 0 Å².